The minimum atomic E-state index is 0.0399. The maximum Gasteiger partial charge on any atom is 0.228 e. The van der Waals surface area contributed by atoms with Crippen LogP contribution in [0.1, 0.15) is 17.9 Å². The molecule has 5 nitrogen and oxygen atoms in total. The monoisotopic (exact) mass is 374 g/mol. The van der Waals surface area contributed by atoms with Gasteiger partial charge in [0.25, 0.3) is 0 Å². The van der Waals surface area contributed by atoms with E-state index < -0.39 is 0 Å². The summed E-state index contributed by atoms with van der Waals surface area (Å²) in [5.41, 5.74) is 4.05. The molecule has 0 spiro atoms. The summed E-state index contributed by atoms with van der Waals surface area (Å²) in [5, 5.41) is 8.22. The van der Waals surface area contributed by atoms with Crippen LogP contribution in [0.15, 0.2) is 60.9 Å². The summed E-state index contributed by atoms with van der Waals surface area (Å²) in [4.78, 5) is 17.2. The number of aromatic nitrogens is 3. The second-order valence-electron chi connectivity index (χ2n) is 6.95. The summed E-state index contributed by atoms with van der Waals surface area (Å²) < 4.78 is 2.96. The van der Waals surface area contributed by atoms with Gasteiger partial charge in [0, 0.05) is 30.4 Å². The van der Waals surface area contributed by atoms with E-state index in [1.165, 1.54) is 4.70 Å². The van der Waals surface area contributed by atoms with E-state index in [0.29, 0.717) is 5.92 Å². The minimum absolute atomic E-state index is 0.0399. The number of nitrogens with zero attached hydrogens (tertiary/aromatic N) is 3. The third-order valence-electron chi connectivity index (χ3n) is 4.97. The molecule has 0 bridgehead atoms. The smallest absolute Gasteiger partial charge is 0.228 e. The zero-order valence-corrected chi connectivity index (χ0v) is 15.6. The lowest BCUT2D eigenvalue weighted by molar-refractivity contribution is -0.117. The van der Waals surface area contributed by atoms with E-state index in [1.54, 1.807) is 16.0 Å². The molecule has 2 unspecified atom stereocenters. The molecular weight excluding hydrogens is 356 g/mol. The highest BCUT2D eigenvalue weighted by Crippen LogP contribution is 2.47. The number of aryl methyl sites for hydroxylation is 1. The molecule has 2 heterocycles. The van der Waals surface area contributed by atoms with Crippen LogP contribution in [0.2, 0.25) is 0 Å². The number of amides is 1. The van der Waals surface area contributed by atoms with Gasteiger partial charge >= 0.3 is 0 Å². The standard InChI is InChI=1S/C21H18N4OS/c1-25-12-14(11-22-25)16-10-17(16)20(26)23-15-8-6-13(7-9-15)21-24-18-4-2-3-5-19(18)27-21/h2-9,11-12,16-17H,10H2,1H3,(H,23,26). The Morgan fingerprint density at radius 1 is 1.19 bits per heavy atom. The normalized spacial score (nSPS) is 18.6. The molecule has 134 valence electrons. The van der Waals surface area contributed by atoms with E-state index in [1.807, 2.05) is 61.9 Å². The third kappa shape index (κ3) is 3.13. The van der Waals surface area contributed by atoms with Gasteiger partial charge in [0.05, 0.1) is 16.4 Å². The largest absolute Gasteiger partial charge is 0.326 e. The van der Waals surface area contributed by atoms with Crippen molar-refractivity contribution in [1.82, 2.24) is 14.8 Å². The van der Waals surface area contributed by atoms with Crippen LogP contribution >= 0.6 is 11.3 Å². The van der Waals surface area contributed by atoms with Crippen molar-refractivity contribution in [2.75, 3.05) is 5.32 Å². The van der Waals surface area contributed by atoms with Gasteiger partial charge in [-0.15, -0.1) is 11.3 Å². The predicted octanol–water partition coefficient (Wildman–Crippen LogP) is 4.44. The van der Waals surface area contributed by atoms with Gasteiger partial charge in [0.15, 0.2) is 0 Å². The lowest BCUT2D eigenvalue weighted by atomic mass is 10.2. The maximum absolute atomic E-state index is 12.5. The number of thiazole rings is 1. The molecule has 4 aromatic rings. The fraction of sp³-hybridized carbons (Fsp3) is 0.190. The van der Waals surface area contributed by atoms with Crippen LogP contribution in [0.4, 0.5) is 5.69 Å². The minimum Gasteiger partial charge on any atom is -0.326 e. The highest BCUT2D eigenvalue weighted by atomic mass is 32.1. The summed E-state index contributed by atoms with van der Waals surface area (Å²) in [7, 11) is 1.90. The number of hydrogen-bond acceptors (Lipinski definition) is 4. The van der Waals surface area contributed by atoms with Crippen molar-refractivity contribution in [3.63, 3.8) is 0 Å². The SMILES string of the molecule is Cn1cc(C2CC2C(=O)Nc2ccc(-c3nc4ccccc4s3)cc2)cn1. The van der Waals surface area contributed by atoms with Crippen LogP contribution in [-0.4, -0.2) is 20.7 Å². The van der Waals surface area contributed by atoms with E-state index in [9.17, 15) is 4.79 Å². The quantitative estimate of drug-likeness (QED) is 0.574. The van der Waals surface area contributed by atoms with Gasteiger partial charge in [-0.3, -0.25) is 9.48 Å². The van der Waals surface area contributed by atoms with Gasteiger partial charge < -0.3 is 5.32 Å². The van der Waals surface area contributed by atoms with Crippen molar-refractivity contribution in [3.05, 3.63) is 66.5 Å². The molecule has 27 heavy (non-hydrogen) atoms. The first-order valence-corrected chi connectivity index (χ1v) is 9.74. The van der Waals surface area contributed by atoms with Gasteiger partial charge in [-0.25, -0.2) is 4.98 Å². The average molecular weight is 374 g/mol. The molecule has 2 aromatic carbocycles. The topological polar surface area (TPSA) is 59.8 Å². The maximum atomic E-state index is 12.5. The number of carbonyl (C=O) groups excluding carboxylic acids is 1. The van der Waals surface area contributed by atoms with Crippen molar-refractivity contribution >= 4 is 33.1 Å². The number of hydrogen-bond donors (Lipinski definition) is 1. The number of nitrogens with one attached hydrogen (secondary N) is 1. The van der Waals surface area contributed by atoms with Gasteiger partial charge in [-0.05, 0) is 54.3 Å². The molecular formula is C21H18N4OS. The van der Waals surface area contributed by atoms with Crippen molar-refractivity contribution in [2.45, 2.75) is 12.3 Å². The Kier molecular flexibility index (Phi) is 3.79. The van der Waals surface area contributed by atoms with Crippen molar-refractivity contribution in [3.8, 4) is 10.6 Å². The lowest BCUT2D eigenvalue weighted by Crippen LogP contribution is -2.14. The average Bonchev–Trinajstić information content (AvgIpc) is 3.17. The Hall–Kier alpha value is -2.99. The van der Waals surface area contributed by atoms with Crippen LogP contribution in [0.3, 0.4) is 0 Å². The van der Waals surface area contributed by atoms with Gasteiger partial charge in [-0.1, -0.05) is 12.1 Å². The van der Waals surface area contributed by atoms with Crippen LogP contribution in [0.25, 0.3) is 20.8 Å². The highest BCUT2D eigenvalue weighted by molar-refractivity contribution is 7.21. The molecule has 1 N–H and O–H groups in total. The van der Waals surface area contributed by atoms with Crippen LogP contribution < -0.4 is 5.32 Å². The molecule has 1 aliphatic rings. The summed E-state index contributed by atoms with van der Waals surface area (Å²) in [6, 6.07) is 16.1. The molecule has 6 heteroatoms. The fourth-order valence-electron chi connectivity index (χ4n) is 3.41. The van der Waals surface area contributed by atoms with E-state index in [-0.39, 0.29) is 11.8 Å². The molecule has 0 radical (unpaired) electrons. The van der Waals surface area contributed by atoms with Crippen molar-refractivity contribution in [1.29, 1.82) is 0 Å². The van der Waals surface area contributed by atoms with E-state index in [2.05, 4.69) is 21.5 Å². The zero-order valence-electron chi connectivity index (χ0n) is 14.8. The first-order valence-electron chi connectivity index (χ1n) is 8.93. The number of para-hydroxylation sites is 1. The van der Waals surface area contributed by atoms with Gasteiger partial charge in [-0.2, -0.15) is 5.10 Å². The molecule has 2 atom stereocenters. The summed E-state index contributed by atoms with van der Waals surface area (Å²) in [6.45, 7) is 0. The van der Waals surface area contributed by atoms with Crippen molar-refractivity contribution < 1.29 is 4.79 Å². The molecule has 1 aliphatic carbocycles. The lowest BCUT2D eigenvalue weighted by Gasteiger charge is -2.05. The summed E-state index contributed by atoms with van der Waals surface area (Å²) in [6.07, 6.45) is 4.73. The Morgan fingerprint density at radius 3 is 2.74 bits per heavy atom. The molecule has 0 aliphatic heterocycles. The number of fused-ring (bicyclic) bond motifs is 1. The van der Waals surface area contributed by atoms with Gasteiger partial charge in [0.2, 0.25) is 5.91 Å². The van der Waals surface area contributed by atoms with E-state index in [4.69, 9.17) is 0 Å². The molecule has 1 fully saturated rings. The first-order chi connectivity index (χ1) is 13.2. The first kappa shape index (κ1) is 16.2. The number of anilines is 1. The number of rotatable bonds is 4. The number of benzene rings is 2. The summed E-state index contributed by atoms with van der Waals surface area (Å²) >= 11 is 1.68. The van der Waals surface area contributed by atoms with Crippen LogP contribution in [-0.2, 0) is 11.8 Å². The highest BCUT2D eigenvalue weighted by Gasteiger charge is 2.44. The molecule has 1 amide bonds. The second kappa shape index (κ2) is 6.32. The van der Waals surface area contributed by atoms with Crippen LogP contribution in [0.5, 0.6) is 0 Å². The Bertz CT molecular complexity index is 1100. The van der Waals surface area contributed by atoms with Gasteiger partial charge in [0.1, 0.15) is 5.01 Å². The van der Waals surface area contributed by atoms with Crippen molar-refractivity contribution in [2.24, 2.45) is 13.0 Å². The third-order valence-corrected chi connectivity index (χ3v) is 6.06. The Balaban J connectivity index is 1.27. The molecule has 2 aromatic heterocycles. The predicted molar refractivity (Wildman–Crippen MR) is 108 cm³/mol. The Morgan fingerprint density at radius 2 is 2.00 bits per heavy atom. The molecule has 0 saturated heterocycles. The second-order valence-corrected chi connectivity index (χ2v) is 7.98. The molecule has 5 rings (SSSR count). The summed E-state index contributed by atoms with van der Waals surface area (Å²) in [5.74, 6) is 0.412. The van der Waals surface area contributed by atoms with Crippen LogP contribution in [0, 0.1) is 5.92 Å². The van der Waals surface area contributed by atoms with E-state index >= 15 is 0 Å². The molecule has 1 saturated carbocycles. The van der Waals surface area contributed by atoms with E-state index in [0.717, 1.165) is 33.8 Å². The fourth-order valence-corrected chi connectivity index (χ4v) is 4.38. The number of carbonyl (C=O) groups is 1. The Labute approximate surface area is 160 Å². The zero-order chi connectivity index (χ0) is 18.4.